The molecule has 4 rings (SSSR count). The van der Waals surface area contributed by atoms with E-state index in [1.54, 1.807) is 30.3 Å². The second-order valence-electron chi connectivity index (χ2n) is 6.74. The predicted octanol–water partition coefficient (Wildman–Crippen LogP) is 3.54. The van der Waals surface area contributed by atoms with Gasteiger partial charge >= 0.3 is 0 Å². The maximum atomic E-state index is 13.6. The number of aryl methyl sites for hydroxylation is 1. The Morgan fingerprint density at radius 2 is 2.00 bits per heavy atom. The average molecular weight is 388 g/mol. The molecule has 142 valence electrons. The molecule has 0 aliphatic heterocycles. The Morgan fingerprint density at radius 3 is 2.74 bits per heavy atom. The van der Waals surface area contributed by atoms with Crippen LogP contribution in [0.25, 0.3) is 10.9 Å². The van der Waals surface area contributed by atoms with E-state index in [2.05, 4.69) is 9.71 Å². The van der Waals surface area contributed by atoms with Crippen LogP contribution >= 0.6 is 0 Å². The summed E-state index contributed by atoms with van der Waals surface area (Å²) in [5.41, 5.74) is 2.94. The maximum absolute atomic E-state index is 13.6. The van der Waals surface area contributed by atoms with Gasteiger partial charge in [0, 0.05) is 22.6 Å². The minimum atomic E-state index is -3.63. The maximum Gasteiger partial charge on any atom is 0.240 e. The highest BCUT2D eigenvalue weighted by molar-refractivity contribution is 7.89. The molecule has 1 unspecified atom stereocenters. The molecule has 1 aromatic heterocycles. The van der Waals surface area contributed by atoms with Gasteiger partial charge in [0.05, 0.1) is 11.5 Å². The standard InChI is InChI=1S/C20H21FN2O3S/c1-2-26-15-5-7-16(8-6-15)27(24,25)23-14-4-10-20-18(12-14)17-11-13(21)3-9-19(17)22-20/h3,5-9,11,14,22-23H,2,4,10,12H2,1H3. The zero-order valence-corrected chi connectivity index (χ0v) is 15.8. The van der Waals surface area contributed by atoms with Gasteiger partial charge in [-0.2, -0.15) is 0 Å². The first-order valence-corrected chi connectivity index (χ1v) is 10.5. The normalized spacial score (nSPS) is 17.0. The largest absolute Gasteiger partial charge is 0.494 e. The van der Waals surface area contributed by atoms with Crippen LogP contribution in [-0.2, 0) is 22.9 Å². The third kappa shape index (κ3) is 3.57. The number of nitrogens with one attached hydrogen (secondary N) is 2. The molecule has 0 spiro atoms. The third-order valence-corrected chi connectivity index (χ3v) is 6.45. The highest BCUT2D eigenvalue weighted by Crippen LogP contribution is 2.30. The lowest BCUT2D eigenvalue weighted by atomic mass is 9.92. The van der Waals surface area contributed by atoms with Crippen LogP contribution in [0, 0.1) is 5.82 Å². The second-order valence-corrected chi connectivity index (χ2v) is 8.45. The van der Waals surface area contributed by atoms with E-state index < -0.39 is 10.0 Å². The van der Waals surface area contributed by atoms with Crippen LogP contribution in [0.15, 0.2) is 47.4 Å². The van der Waals surface area contributed by atoms with Crippen molar-refractivity contribution in [1.82, 2.24) is 9.71 Å². The van der Waals surface area contributed by atoms with E-state index in [9.17, 15) is 12.8 Å². The number of sulfonamides is 1. The molecule has 5 nitrogen and oxygen atoms in total. The van der Waals surface area contributed by atoms with Crippen LogP contribution in [0.4, 0.5) is 4.39 Å². The molecule has 0 radical (unpaired) electrons. The second kappa shape index (κ2) is 6.98. The fraction of sp³-hybridized carbons (Fsp3) is 0.300. The van der Waals surface area contributed by atoms with E-state index in [1.165, 1.54) is 12.1 Å². The van der Waals surface area contributed by atoms with Crippen molar-refractivity contribution in [1.29, 1.82) is 0 Å². The van der Waals surface area contributed by atoms with E-state index in [1.807, 2.05) is 6.92 Å². The number of H-pyrrole nitrogens is 1. The van der Waals surface area contributed by atoms with Crippen LogP contribution < -0.4 is 9.46 Å². The number of ether oxygens (including phenoxy) is 1. The summed E-state index contributed by atoms with van der Waals surface area (Å²) in [6, 6.07) is 10.8. The molecule has 0 bridgehead atoms. The van der Waals surface area contributed by atoms with Gasteiger partial charge in [-0.1, -0.05) is 0 Å². The summed E-state index contributed by atoms with van der Waals surface area (Å²) in [5.74, 6) is 0.348. The smallest absolute Gasteiger partial charge is 0.240 e. The van der Waals surface area contributed by atoms with Crippen LogP contribution in [0.2, 0.25) is 0 Å². The molecule has 0 fully saturated rings. The molecule has 2 aromatic carbocycles. The van der Waals surface area contributed by atoms with Crippen LogP contribution in [-0.4, -0.2) is 26.1 Å². The van der Waals surface area contributed by atoms with Crippen molar-refractivity contribution in [2.45, 2.75) is 37.1 Å². The third-order valence-electron chi connectivity index (χ3n) is 4.92. The van der Waals surface area contributed by atoms with Crippen molar-refractivity contribution in [3.05, 3.63) is 59.5 Å². The molecule has 7 heteroatoms. The number of hydrogen-bond acceptors (Lipinski definition) is 3. The lowest BCUT2D eigenvalue weighted by Crippen LogP contribution is -2.38. The van der Waals surface area contributed by atoms with Crippen LogP contribution in [0.1, 0.15) is 24.6 Å². The number of rotatable bonds is 5. The van der Waals surface area contributed by atoms with Crippen molar-refractivity contribution < 1.29 is 17.5 Å². The number of aromatic amines is 1. The summed E-state index contributed by atoms with van der Waals surface area (Å²) in [4.78, 5) is 3.53. The van der Waals surface area contributed by atoms with Crippen molar-refractivity contribution >= 4 is 20.9 Å². The van der Waals surface area contributed by atoms with Crippen molar-refractivity contribution in [2.24, 2.45) is 0 Å². The van der Waals surface area contributed by atoms with Crippen molar-refractivity contribution in [3.8, 4) is 5.75 Å². The van der Waals surface area contributed by atoms with Gasteiger partial charge in [-0.3, -0.25) is 0 Å². The molecule has 1 heterocycles. The topological polar surface area (TPSA) is 71.2 Å². The SMILES string of the molecule is CCOc1ccc(S(=O)(=O)NC2CCc3[nH]c4ccc(F)cc4c3C2)cc1. The van der Waals surface area contributed by atoms with Gasteiger partial charge in [-0.15, -0.1) is 0 Å². The predicted molar refractivity (Wildman–Crippen MR) is 102 cm³/mol. The Bertz CT molecular complexity index is 1070. The molecule has 27 heavy (non-hydrogen) atoms. The number of halogens is 1. The molecular formula is C20H21FN2O3S. The van der Waals surface area contributed by atoms with E-state index in [0.717, 1.165) is 28.6 Å². The van der Waals surface area contributed by atoms with Crippen molar-refractivity contribution in [3.63, 3.8) is 0 Å². The molecule has 1 atom stereocenters. The summed E-state index contributed by atoms with van der Waals surface area (Å²) in [7, 11) is -3.63. The Kier molecular flexibility index (Phi) is 4.65. The molecule has 1 aliphatic rings. The van der Waals surface area contributed by atoms with Gasteiger partial charge in [0.1, 0.15) is 11.6 Å². The highest BCUT2D eigenvalue weighted by atomic mass is 32.2. The highest BCUT2D eigenvalue weighted by Gasteiger charge is 2.27. The number of aromatic nitrogens is 1. The monoisotopic (exact) mass is 388 g/mol. The molecule has 0 saturated carbocycles. The molecule has 0 saturated heterocycles. The minimum absolute atomic E-state index is 0.210. The summed E-state index contributed by atoms with van der Waals surface area (Å²) in [6.07, 6.45) is 1.95. The van der Waals surface area contributed by atoms with Crippen LogP contribution in [0.5, 0.6) is 5.75 Å². The zero-order valence-electron chi connectivity index (χ0n) is 15.0. The number of benzene rings is 2. The van der Waals surface area contributed by atoms with Gasteiger partial charge < -0.3 is 9.72 Å². The molecule has 1 aliphatic carbocycles. The Hall–Kier alpha value is -2.38. The number of hydrogen-bond donors (Lipinski definition) is 2. The molecule has 2 N–H and O–H groups in total. The summed E-state index contributed by atoms with van der Waals surface area (Å²) < 4.78 is 47.2. The first kappa shape index (κ1) is 18.0. The fourth-order valence-corrected chi connectivity index (χ4v) is 4.93. The minimum Gasteiger partial charge on any atom is -0.494 e. The van der Waals surface area contributed by atoms with Crippen molar-refractivity contribution in [2.75, 3.05) is 6.61 Å². The van der Waals surface area contributed by atoms with Gasteiger partial charge in [0.25, 0.3) is 0 Å². The van der Waals surface area contributed by atoms with E-state index in [-0.39, 0.29) is 16.8 Å². The van der Waals surface area contributed by atoms with Gasteiger partial charge in [0.15, 0.2) is 0 Å². The Labute approximate surface area is 157 Å². The Morgan fingerprint density at radius 1 is 1.22 bits per heavy atom. The Balaban J connectivity index is 1.55. The zero-order chi connectivity index (χ0) is 19.0. The van der Waals surface area contributed by atoms with E-state index >= 15 is 0 Å². The van der Waals surface area contributed by atoms with Gasteiger partial charge in [-0.25, -0.2) is 17.5 Å². The van der Waals surface area contributed by atoms with Crippen LogP contribution in [0.3, 0.4) is 0 Å². The lowest BCUT2D eigenvalue weighted by Gasteiger charge is -2.23. The molecule has 0 amide bonds. The van der Waals surface area contributed by atoms with Gasteiger partial charge in [-0.05, 0) is 74.2 Å². The summed E-state index contributed by atoms with van der Waals surface area (Å²) in [5, 5.41) is 0.829. The van der Waals surface area contributed by atoms with Gasteiger partial charge in [0.2, 0.25) is 10.0 Å². The molecular weight excluding hydrogens is 367 g/mol. The first-order chi connectivity index (χ1) is 13.0. The summed E-state index contributed by atoms with van der Waals surface area (Å²) >= 11 is 0. The lowest BCUT2D eigenvalue weighted by molar-refractivity contribution is 0.340. The average Bonchev–Trinajstić information content (AvgIpc) is 2.99. The fourth-order valence-electron chi connectivity index (χ4n) is 3.66. The molecule has 3 aromatic rings. The van der Waals surface area contributed by atoms with E-state index in [0.29, 0.717) is 25.2 Å². The summed E-state index contributed by atoms with van der Waals surface area (Å²) in [6.45, 7) is 2.40. The number of fused-ring (bicyclic) bond motifs is 3. The first-order valence-electron chi connectivity index (χ1n) is 9.00. The van der Waals surface area contributed by atoms with E-state index in [4.69, 9.17) is 4.74 Å². The quantitative estimate of drug-likeness (QED) is 0.702.